The van der Waals surface area contributed by atoms with Crippen LogP contribution < -0.4 is 5.32 Å². The van der Waals surface area contributed by atoms with Crippen LogP contribution in [-0.2, 0) is 32.2 Å². The van der Waals surface area contributed by atoms with Crippen LogP contribution >= 0.6 is 0 Å². The van der Waals surface area contributed by atoms with Gasteiger partial charge in [-0.05, 0) is 68.6 Å². The molecule has 5 rings (SSSR count). The van der Waals surface area contributed by atoms with Gasteiger partial charge >= 0.3 is 5.97 Å². The lowest BCUT2D eigenvalue weighted by molar-refractivity contribution is 0.0154. The van der Waals surface area contributed by atoms with Crippen LogP contribution in [0.3, 0.4) is 0 Å². The summed E-state index contributed by atoms with van der Waals surface area (Å²) in [5.41, 5.74) is 2.20. The standard InChI is InChI=1S/C28H37N3O6S/c1-3-13-37-27(33)19-9-10-24(38(34,35)20-7-5-6-8-20)22(16-19)31-23-17-28(11-14-36-15-12-28)18-29-26(32)25(23)21(4-2)30-31/h9-10,16,20H,3-8,11-15,17-18H2,1-2H3,(H,29,32). The fraction of sp³-hybridized carbons (Fsp3) is 0.607. The Morgan fingerprint density at radius 1 is 1.21 bits per heavy atom. The van der Waals surface area contributed by atoms with Gasteiger partial charge in [0.1, 0.15) is 0 Å². The molecule has 1 N–H and O–H groups in total. The number of ether oxygens (including phenoxy) is 2. The summed E-state index contributed by atoms with van der Waals surface area (Å²) in [5.74, 6) is -0.698. The van der Waals surface area contributed by atoms with Crippen molar-refractivity contribution in [2.45, 2.75) is 81.8 Å². The number of carbonyl (C=O) groups is 2. The van der Waals surface area contributed by atoms with E-state index in [1.54, 1.807) is 10.7 Å². The highest BCUT2D eigenvalue weighted by Gasteiger charge is 2.41. The highest BCUT2D eigenvalue weighted by Crippen LogP contribution is 2.40. The van der Waals surface area contributed by atoms with Crippen molar-refractivity contribution < 1.29 is 27.5 Å². The molecule has 10 heteroatoms. The Kier molecular flexibility index (Phi) is 7.64. The van der Waals surface area contributed by atoms with Gasteiger partial charge in [-0.25, -0.2) is 17.9 Å². The number of sulfone groups is 1. The number of nitrogens with zero attached hydrogens (tertiary/aromatic N) is 2. The molecule has 9 nitrogen and oxygen atoms in total. The van der Waals surface area contributed by atoms with Crippen LogP contribution in [0, 0.1) is 5.41 Å². The number of aromatic nitrogens is 2. The number of hydrogen-bond acceptors (Lipinski definition) is 7. The quantitative estimate of drug-likeness (QED) is 0.528. The summed E-state index contributed by atoms with van der Waals surface area (Å²) in [5, 5.41) is 7.46. The number of hydrogen-bond donors (Lipinski definition) is 1. The van der Waals surface area contributed by atoms with Gasteiger partial charge in [-0.3, -0.25) is 4.79 Å². The van der Waals surface area contributed by atoms with Crippen LogP contribution in [0.2, 0.25) is 0 Å². The van der Waals surface area contributed by atoms with Gasteiger partial charge in [-0.1, -0.05) is 26.7 Å². The van der Waals surface area contributed by atoms with Gasteiger partial charge in [0.2, 0.25) is 0 Å². The SMILES string of the molecule is CCCOC(=O)c1ccc(S(=O)(=O)C2CCCC2)c(-n2nc(CC)c3c2CC2(CCOCC2)CNC3=O)c1. The monoisotopic (exact) mass is 543 g/mol. The molecular formula is C28H37N3O6S. The van der Waals surface area contributed by atoms with E-state index in [9.17, 15) is 18.0 Å². The van der Waals surface area contributed by atoms with Gasteiger partial charge < -0.3 is 14.8 Å². The average molecular weight is 544 g/mol. The second kappa shape index (κ2) is 10.8. The fourth-order valence-corrected chi connectivity index (χ4v) is 8.02. The number of nitrogens with one attached hydrogen (secondary N) is 1. The summed E-state index contributed by atoms with van der Waals surface area (Å²) < 4.78 is 40.4. The highest BCUT2D eigenvalue weighted by atomic mass is 32.2. The summed E-state index contributed by atoms with van der Waals surface area (Å²) in [7, 11) is -3.69. The van der Waals surface area contributed by atoms with E-state index >= 15 is 0 Å². The molecule has 1 aromatic heterocycles. The van der Waals surface area contributed by atoms with Crippen molar-refractivity contribution in [2.75, 3.05) is 26.4 Å². The molecule has 38 heavy (non-hydrogen) atoms. The first-order valence-corrected chi connectivity index (χ1v) is 15.4. The summed E-state index contributed by atoms with van der Waals surface area (Å²) in [4.78, 5) is 26.3. The van der Waals surface area contributed by atoms with Crippen LogP contribution in [-0.4, -0.2) is 61.7 Å². The first-order valence-electron chi connectivity index (χ1n) is 13.8. The van der Waals surface area contributed by atoms with Crippen LogP contribution in [0.1, 0.15) is 90.9 Å². The number of aryl methyl sites for hydroxylation is 1. The molecule has 1 amide bonds. The molecule has 1 aromatic carbocycles. The van der Waals surface area contributed by atoms with E-state index in [1.807, 2.05) is 13.8 Å². The van der Waals surface area contributed by atoms with Gasteiger partial charge in [-0.2, -0.15) is 5.10 Å². The Balaban J connectivity index is 1.71. The molecule has 1 saturated heterocycles. The predicted octanol–water partition coefficient (Wildman–Crippen LogP) is 3.80. The van der Waals surface area contributed by atoms with Crippen molar-refractivity contribution in [3.05, 3.63) is 40.7 Å². The van der Waals surface area contributed by atoms with Crippen LogP contribution in [0.5, 0.6) is 0 Å². The molecule has 1 aliphatic carbocycles. The zero-order valence-corrected chi connectivity index (χ0v) is 23.1. The molecule has 0 bridgehead atoms. The molecule has 3 heterocycles. The lowest BCUT2D eigenvalue weighted by atomic mass is 9.76. The number of amides is 1. The Hall–Kier alpha value is -2.72. The first-order chi connectivity index (χ1) is 18.3. The van der Waals surface area contributed by atoms with E-state index in [-0.39, 0.29) is 28.4 Å². The minimum atomic E-state index is -3.69. The highest BCUT2D eigenvalue weighted by molar-refractivity contribution is 7.92. The Bertz CT molecular complexity index is 1320. The zero-order valence-electron chi connectivity index (χ0n) is 22.3. The van der Waals surface area contributed by atoms with E-state index in [4.69, 9.17) is 14.6 Å². The second-order valence-electron chi connectivity index (χ2n) is 10.8. The molecule has 206 valence electrons. The van der Waals surface area contributed by atoms with Crippen molar-refractivity contribution >= 4 is 21.7 Å². The molecule has 2 aliphatic heterocycles. The van der Waals surface area contributed by atoms with E-state index in [0.717, 1.165) is 25.7 Å². The maximum Gasteiger partial charge on any atom is 0.338 e. The summed E-state index contributed by atoms with van der Waals surface area (Å²) in [6.07, 6.45) is 6.32. The topological polar surface area (TPSA) is 117 Å². The van der Waals surface area contributed by atoms with Gasteiger partial charge in [0.05, 0.1) is 45.0 Å². The number of esters is 1. The van der Waals surface area contributed by atoms with Crippen molar-refractivity contribution in [3.63, 3.8) is 0 Å². The van der Waals surface area contributed by atoms with Gasteiger partial charge in [0.25, 0.3) is 5.91 Å². The summed E-state index contributed by atoms with van der Waals surface area (Å²) in [6, 6.07) is 4.62. The van der Waals surface area contributed by atoms with Gasteiger partial charge in [-0.15, -0.1) is 0 Å². The second-order valence-corrected chi connectivity index (χ2v) is 13.0. The summed E-state index contributed by atoms with van der Waals surface area (Å²) >= 11 is 0. The lowest BCUT2D eigenvalue weighted by Gasteiger charge is -2.36. The third-order valence-electron chi connectivity index (χ3n) is 8.24. The first kappa shape index (κ1) is 26.9. The smallest absolute Gasteiger partial charge is 0.338 e. The Labute approximate surface area is 224 Å². The number of fused-ring (bicyclic) bond motifs is 1. The van der Waals surface area contributed by atoms with E-state index in [2.05, 4.69) is 5.32 Å². The van der Waals surface area contributed by atoms with Gasteiger partial charge in [0, 0.05) is 19.8 Å². The molecule has 3 aliphatic rings. The average Bonchev–Trinajstić information content (AvgIpc) is 3.57. The molecule has 0 atom stereocenters. The van der Waals surface area contributed by atoms with Crippen molar-refractivity contribution in [2.24, 2.45) is 5.41 Å². The zero-order chi connectivity index (χ0) is 26.9. The molecular weight excluding hydrogens is 506 g/mol. The summed E-state index contributed by atoms with van der Waals surface area (Å²) in [6.45, 7) is 5.88. The predicted molar refractivity (Wildman–Crippen MR) is 141 cm³/mol. The van der Waals surface area contributed by atoms with Crippen molar-refractivity contribution in [1.82, 2.24) is 15.1 Å². The van der Waals surface area contributed by atoms with Crippen LogP contribution in [0.4, 0.5) is 0 Å². The maximum atomic E-state index is 13.9. The number of carbonyl (C=O) groups excluding carboxylic acids is 2. The van der Waals surface area contributed by atoms with Crippen LogP contribution in [0.25, 0.3) is 5.69 Å². The Morgan fingerprint density at radius 3 is 2.63 bits per heavy atom. The number of rotatable bonds is 7. The minimum absolute atomic E-state index is 0.148. The largest absolute Gasteiger partial charge is 0.462 e. The maximum absolute atomic E-state index is 13.9. The van der Waals surface area contributed by atoms with Gasteiger partial charge in [0.15, 0.2) is 9.84 Å². The third-order valence-corrected chi connectivity index (χ3v) is 10.6. The van der Waals surface area contributed by atoms with E-state index in [1.165, 1.54) is 12.1 Å². The number of benzene rings is 1. The van der Waals surface area contributed by atoms with E-state index < -0.39 is 21.1 Å². The van der Waals surface area contributed by atoms with Crippen LogP contribution in [0.15, 0.2) is 23.1 Å². The third kappa shape index (κ3) is 4.88. The molecule has 1 spiro atoms. The fourth-order valence-electron chi connectivity index (χ4n) is 6.01. The molecule has 0 radical (unpaired) electrons. The molecule has 1 saturated carbocycles. The van der Waals surface area contributed by atoms with Crippen molar-refractivity contribution in [1.29, 1.82) is 0 Å². The minimum Gasteiger partial charge on any atom is -0.462 e. The Morgan fingerprint density at radius 2 is 1.95 bits per heavy atom. The van der Waals surface area contributed by atoms with E-state index in [0.29, 0.717) is 74.5 Å². The normalized spacial score (nSPS) is 19.7. The lowest BCUT2D eigenvalue weighted by Crippen LogP contribution is -2.40. The molecule has 0 unspecified atom stereocenters. The molecule has 2 fully saturated rings. The van der Waals surface area contributed by atoms with Crippen molar-refractivity contribution in [3.8, 4) is 5.69 Å². The molecule has 2 aromatic rings.